The van der Waals surface area contributed by atoms with Crippen molar-refractivity contribution in [3.8, 4) is 5.75 Å². The SMILES string of the molecule is O=C(O)CNOc1c(Cl)cccc1Cl. The van der Waals surface area contributed by atoms with Crippen LogP contribution in [0.2, 0.25) is 10.0 Å². The van der Waals surface area contributed by atoms with Gasteiger partial charge in [0.1, 0.15) is 6.54 Å². The Morgan fingerprint density at radius 1 is 1.43 bits per heavy atom. The number of halogens is 2. The molecule has 0 saturated carbocycles. The van der Waals surface area contributed by atoms with Crippen molar-refractivity contribution in [1.29, 1.82) is 0 Å². The monoisotopic (exact) mass is 235 g/mol. The van der Waals surface area contributed by atoms with Gasteiger partial charge in [0.15, 0.2) is 5.75 Å². The van der Waals surface area contributed by atoms with Crippen molar-refractivity contribution in [2.45, 2.75) is 0 Å². The quantitative estimate of drug-likeness (QED) is 0.784. The fourth-order valence-electron chi connectivity index (χ4n) is 0.750. The molecular formula is C8H7Cl2NO3. The summed E-state index contributed by atoms with van der Waals surface area (Å²) in [5, 5.41) is 8.95. The summed E-state index contributed by atoms with van der Waals surface area (Å²) in [6.07, 6.45) is 0. The van der Waals surface area contributed by atoms with Gasteiger partial charge in [-0.15, -0.1) is 5.48 Å². The van der Waals surface area contributed by atoms with Gasteiger partial charge in [0.05, 0.1) is 10.0 Å². The molecule has 0 aliphatic heterocycles. The van der Waals surface area contributed by atoms with Crippen molar-refractivity contribution in [3.63, 3.8) is 0 Å². The van der Waals surface area contributed by atoms with Crippen LogP contribution < -0.4 is 10.3 Å². The summed E-state index contributed by atoms with van der Waals surface area (Å²) in [7, 11) is 0. The van der Waals surface area contributed by atoms with Crippen molar-refractivity contribution in [2.75, 3.05) is 6.54 Å². The van der Waals surface area contributed by atoms with Crippen LogP contribution in [0.15, 0.2) is 18.2 Å². The highest BCUT2D eigenvalue weighted by Crippen LogP contribution is 2.31. The maximum absolute atomic E-state index is 10.2. The molecule has 0 heterocycles. The van der Waals surface area contributed by atoms with Gasteiger partial charge >= 0.3 is 5.97 Å². The van der Waals surface area contributed by atoms with E-state index in [1.165, 1.54) is 0 Å². The van der Waals surface area contributed by atoms with Gasteiger partial charge in [0.2, 0.25) is 0 Å². The standard InChI is InChI=1S/C8H7Cl2NO3/c9-5-2-1-3-6(10)8(5)14-11-4-7(12)13/h1-3,11H,4H2,(H,12,13). The Morgan fingerprint density at radius 3 is 2.50 bits per heavy atom. The van der Waals surface area contributed by atoms with Gasteiger partial charge in [0.25, 0.3) is 0 Å². The Balaban J connectivity index is 2.62. The molecule has 1 rings (SSSR count). The van der Waals surface area contributed by atoms with Crippen LogP contribution in [0.5, 0.6) is 5.75 Å². The second kappa shape index (κ2) is 5.05. The molecule has 0 aromatic heterocycles. The molecule has 0 radical (unpaired) electrons. The molecule has 1 aromatic rings. The van der Waals surface area contributed by atoms with E-state index in [2.05, 4.69) is 5.48 Å². The Morgan fingerprint density at radius 2 is 2.00 bits per heavy atom. The first kappa shape index (κ1) is 11.1. The van der Waals surface area contributed by atoms with E-state index in [0.717, 1.165) is 0 Å². The van der Waals surface area contributed by atoms with E-state index in [9.17, 15) is 4.79 Å². The number of rotatable bonds is 4. The topological polar surface area (TPSA) is 58.6 Å². The number of nitrogens with one attached hydrogen (secondary N) is 1. The number of hydroxylamine groups is 1. The van der Waals surface area contributed by atoms with Crippen molar-refractivity contribution < 1.29 is 14.7 Å². The number of para-hydroxylation sites is 1. The van der Waals surface area contributed by atoms with Crippen LogP contribution in [-0.2, 0) is 4.79 Å². The number of hydrogen-bond acceptors (Lipinski definition) is 3. The van der Waals surface area contributed by atoms with Gasteiger partial charge in [-0.3, -0.25) is 4.79 Å². The van der Waals surface area contributed by atoms with Crippen LogP contribution in [0.1, 0.15) is 0 Å². The van der Waals surface area contributed by atoms with Crippen LogP contribution in [0, 0.1) is 0 Å². The Kier molecular flexibility index (Phi) is 4.00. The average molecular weight is 236 g/mol. The number of hydrogen-bond donors (Lipinski definition) is 2. The lowest BCUT2D eigenvalue weighted by atomic mass is 10.3. The predicted octanol–water partition coefficient (Wildman–Crippen LogP) is 1.96. The molecule has 0 unspecified atom stereocenters. The van der Waals surface area contributed by atoms with Crippen LogP contribution in [0.3, 0.4) is 0 Å². The third-order valence-electron chi connectivity index (χ3n) is 1.32. The Labute approximate surface area is 90.3 Å². The summed E-state index contributed by atoms with van der Waals surface area (Å²) in [5.41, 5.74) is 2.21. The second-order valence-corrected chi connectivity index (χ2v) is 3.18. The first-order valence-corrected chi connectivity index (χ1v) is 4.42. The lowest BCUT2D eigenvalue weighted by molar-refractivity contribution is -0.137. The highest BCUT2D eigenvalue weighted by molar-refractivity contribution is 6.37. The van der Waals surface area contributed by atoms with Crippen LogP contribution in [-0.4, -0.2) is 17.6 Å². The van der Waals surface area contributed by atoms with E-state index < -0.39 is 5.97 Å². The predicted molar refractivity (Wildman–Crippen MR) is 52.7 cm³/mol. The molecule has 0 amide bonds. The minimum Gasteiger partial charge on any atom is -0.480 e. The summed E-state index contributed by atoms with van der Waals surface area (Å²) in [6.45, 7) is -0.332. The number of aliphatic carboxylic acids is 1. The second-order valence-electron chi connectivity index (χ2n) is 2.37. The highest BCUT2D eigenvalue weighted by atomic mass is 35.5. The minimum absolute atomic E-state index is 0.220. The van der Waals surface area contributed by atoms with Crippen LogP contribution in [0.25, 0.3) is 0 Å². The van der Waals surface area contributed by atoms with E-state index in [4.69, 9.17) is 33.1 Å². The van der Waals surface area contributed by atoms with Crippen molar-refractivity contribution in [2.24, 2.45) is 0 Å². The fourth-order valence-corrected chi connectivity index (χ4v) is 1.22. The first-order valence-electron chi connectivity index (χ1n) is 3.67. The largest absolute Gasteiger partial charge is 0.480 e. The summed E-state index contributed by atoms with van der Waals surface area (Å²) < 4.78 is 0. The maximum atomic E-state index is 10.2. The van der Waals surface area contributed by atoms with Gasteiger partial charge in [-0.25, -0.2) is 0 Å². The van der Waals surface area contributed by atoms with Gasteiger partial charge in [-0.1, -0.05) is 29.3 Å². The van der Waals surface area contributed by atoms with E-state index in [0.29, 0.717) is 10.0 Å². The first-order chi connectivity index (χ1) is 6.61. The number of carboxylic acid groups (broad SMARTS) is 1. The zero-order chi connectivity index (χ0) is 10.6. The molecule has 0 atom stereocenters. The smallest absolute Gasteiger partial charge is 0.320 e. The molecule has 0 aliphatic carbocycles. The summed E-state index contributed by atoms with van der Waals surface area (Å²) in [4.78, 5) is 15.0. The van der Waals surface area contributed by atoms with E-state index in [1.54, 1.807) is 18.2 Å². The van der Waals surface area contributed by atoms with E-state index >= 15 is 0 Å². The molecule has 0 aliphatic rings. The third kappa shape index (κ3) is 3.06. The Bertz CT molecular complexity index is 323. The zero-order valence-electron chi connectivity index (χ0n) is 6.96. The van der Waals surface area contributed by atoms with Gasteiger partial charge in [-0.05, 0) is 12.1 Å². The molecule has 2 N–H and O–H groups in total. The molecule has 0 fully saturated rings. The van der Waals surface area contributed by atoms with Gasteiger partial charge in [-0.2, -0.15) is 0 Å². The van der Waals surface area contributed by atoms with Crippen LogP contribution >= 0.6 is 23.2 Å². The van der Waals surface area contributed by atoms with Gasteiger partial charge in [0, 0.05) is 0 Å². The van der Waals surface area contributed by atoms with E-state index in [1.807, 2.05) is 0 Å². The van der Waals surface area contributed by atoms with Crippen molar-refractivity contribution in [1.82, 2.24) is 5.48 Å². The lowest BCUT2D eigenvalue weighted by Gasteiger charge is -2.07. The zero-order valence-corrected chi connectivity index (χ0v) is 8.47. The molecule has 0 saturated heterocycles. The molecular weight excluding hydrogens is 229 g/mol. The molecule has 6 heteroatoms. The van der Waals surface area contributed by atoms with Gasteiger partial charge < -0.3 is 9.94 Å². The van der Waals surface area contributed by atoms with E-state index in [-0.39, 0.29) is 12.3 Å². The highest BCUT2D eigenvalue weighted by Gasteiger charge is 2.07. The normalized spacial score (nSPS) is 9.86. The summed E-state index contributed by atoms with van der Waals surface area (Å²) in [5.74, 6) is -0.815. The third-order valence-corrected chi connectivity index (χ3v) is 1.91. The van der Waals surface area contributed by atoms with Crippen molar-refractivity contribution >= 4 is 29.2 Å². The van der Waals surface area contributed by atoms with Crippen LogP contribution in [0.4, 0.5) is 0 Å². The molecule has 1 aromatic carbocycles. The lowest BCUT2D eigenvalue weighted by Crippen LogP contribution is -2.26. The number of benzene rings is 1. The molecule has 76 valence electrons. The molecule has 0 spiro atoms. The average Bonchev–Trinajstić information content (AvgIpc) is 2.09. The maximum Gasteiger partial charge on any atom is 0.320 e. The number of carboxylic acids is 1. The summed E-state index contributed by atoms with van der Waals surface area (Å²) >= 11 is 11.5. The summed E-state index contributed by atoms with van der Waals surface area (Å²) in [6, 6.07) is 4.84. The number of carbonyl (C=O) groups is 1. The van der Waals surface area contributed by atoms with Crippen molar-refractivity contribution in [3.05, 3.63) is 28.2 Å². The minimum atomic E-state index is -1.03. The molecule has 4 nitrogen and oxygen atoms in total. The fraction of sp³-hybridized carbons (Fsp3) is 0.125. The Hall–Kier alpha value is -0.970. The molecule has 0 bridgehead atoms. The molecule has 14 heavy (non-hydrogen) atoms.